The summed E-state index contributed by atoms with van der Waals surface area (Å²) in [7, 11) is 1.34. The smallest absolute Gasteiger partial charge is 0.307 e. The highest BCUT2D eigenvalue weighted by molar-refractivity contribution is 7.71. The van der Waals surface area contributed by atoms with E-state index in [0.717, 1.165) is 27.8 Å². The third-order valence-corrected chi connectivity index (χ3v) is 6.38. The minimum Gasteiger partial charge on any atom is -0.469 e. The highest BCUT2D eigenvalue weighted by Crippen LogP contribution is 2.30. The first-order valence-electron chi connectivity index (χ1n) is 11.8. The Morgan fingerprint density at radius 2 is 1.80 bits per heavy atom. The molecule has 2 atom stereocenters. The first-order valence-corrected chi connectivity index (χ1v) is 12.2. The van der Waals surface area contributed by atoms with Gasteiger partial charge in [-0.25, -0.2) is 0 Å². The Hall–Kier alpha value is -3.32. The summed E-state index contributed by atoms with van der Waals surface area (Å²) in [5.74, 6) is -0.349. The summed E-state index contributed by atoms with van der Waals surface area (Å²) >= 11 is 5.49. The van der Waals surface area contributed by atoms with E-state index in [2.05, 4.69) is 50.1 Å². The summed E-state index contributed by atoms with van der Waals surface area (Å²) in [5, 5.41) is 3.09. The lowest BCUT2D eigenvalue weighted by Gasteiger charge is -2.26. The van der Waals surface area contributed by atoms with Crippen LogP contribution in [-0.4, -0.2) is 28.5 Å². The molecule has 7 heteroatoms. The molecular formula is C28H33N3O3S. The summed E-state index contributed by atoms with van der Waals surface area (Å²) < 4.78 is 7.32. The fraction of sp³-hybridized carbons (Fsp3) is 0.357. The molecule has 0 aliphatic rings. The summed E-state index contributed by atoms with van der Waals surface area (Å²) in [5.41, 5.74) is 5.04. The van der Waals surface area contributed by atoms with Crippen molar-refractivity contribution in [3.8, 4) is 11.1 Å². The van der Waals surface area contributed by atoms with Crippen molar-refractivity contribution in [2.45, 2.75) is 52.6 Å². The summed E-state index contributed by atoms with van der Waals surface area (Å²) in [6.07, 6.45) is 5.93. The van der Waals surface area contributed by atoms with Crippen LogP contribution in [0.2, 0.25) is 0 Å². The second-order valence-electron chi connectivity index (χ2n) is 9.21. The quantitative estimate of drug-likeness (QED) is 0.298. The van der Waals surface area contributed by atoms with Gasteiger partial charge in [0.2, 0.25) is 5.91 Å². The molecular weight excluding hydrogens is 458 g/mol. The molecule has 0 spiro atoms. The van der Waals surface area contributed by atoms with Crippen LogP contribution < -0.4 is 5.32 Å². The van der Waals surface area contributed by atoms with E-state index in [1.165, 1.54) is 7.11 Å². The Labute approximate surface area is 212 Å². The van der Waals surface area contributed by atoms with Gasteiger partial charge in [-0.1, -0.05) is 50.3 Å². The van der Waals surface area contributed by atoms with E-state index in [-0.39, 0.29) is 18.2 Å². The minimum atomic E-state index is -0.598. The highest BCUT2D eigenvalue weighted by Gasteiger charge is 2.27. The van der Waals surface area contributed by atoms with Crippen LogP contribution >= 0.6 is 12.2 Å². The van der Waals surface area contributed by atoms with E-state index in [9.17, 15) is 9.59 Å². The number of carbonyl (C=O) groups excluding carboxylic acids is 2. The zero-order valence-corrected chi connectivity index (χ0v) is 21.8. The van der Waals surface area contributed by atoms with Crippen LogP contribution in [0.1, 0.15) is 55.5 Å². The molecule has 6 nitrogen and oxygen atoms in total. The molecule has 3 aromatic rings. The van der Waals surface area contributed by atoms with Gasteiger partial charge in [-0.3, -0.25) is 14.6 Å². The van der Waals surface area contributed by atoms with E-state index in [0.29, 0.717) is 11.1 Å². The SMILES string of the molecule is COC(=O)CC(NC(=O)C(CC(C)C)n1ccccc1=S)c1cncc(-c2c(C)cccc2C)c1. The van der Waals surface area contributed by atoms with Gasteiger partial charge in [-0.05, 0) is 66.6 Å². The number of hydrogen-bond acceptors (Lipinski definition) is 5. The molecule has 0 fully saturated rings. The number of carbonyl (C=O) groups is 2. The molecule has 184 valence electrons. The molecule has 0 saturated heterocycles. The van der Waals surface area contributed by atoms with Crippen LogP contribution in [0.5, 0.6) is 0 Å². The fourth-order valence-corrected chi connectivity index (χ4v) is 4.58. The monoisotopic (exact) mass is 491 g/mol. The van der Waals surface area contributed by atoms with Gasteiger partial charge in [0.1, 0.15) is 10.7 Å². The molecule has 0 saturated carbocycles. The molecule has 2 heterocycles. The number of rotatable bonds is 9. The standard InChI is InChI=1S/C28H33N3O3S/c1-18(2)13-24(31-12-7-6-11-25(31)35)28(33)30-23(15-26(32)34-5)21-14-22(17-29-16-21)27-19(3)9-8-10-20(27)4/h6-12,14,16-18,23-24H,13,15H2,1-5H3,(H,30,33). The van der Waals surface area contributed by atoms with Crippen molar-refractivity contribution < 1.29 is 14.3 Å². The van der Waals surface area contributed by atoms with E-state index in [1.807, 2.05) is 35.0 Å². The Kier molecular flexibility index (Phi) is 8.93. The molecule has 1 N–H and O–H groups in total. The van der Waals surface area contributed by atoms with Crippen molar-refractivity contribution in [2.75, 3.05) is 7.11 Å². The molecule has 2 unspecified atom stereocenters. The largest absolute Gasteiger partial charge is 0.469 e. The lowest BCUT2D eigenvalue weighted by Crippen LogP contribution is -2.37. The third-order valence-electron chi connectivity index (χ3n) is 6.03. The molecule has 2 aromatic heterocycles. The minimum absolute atomic E-state index is 0.00524. The normalized spacial score (nSPS) is 12.7. The maximum Gasteiger partial charge on any atom is 0.307 e. The van der Waals surface area contributed by atoms with Gasteiger partial charge in [-0.2, -0.15) is 0 Å². The summed E-state index contributed by atoms with van der Waals surface area (Å²) in [6, 6.07) is 12.6. The van der Waals surface area contributed by atoms with Crippen LogP contribution in [0, 0.1) is 24.4 Å². The number of nitrogens with one attached hydrogen (secondary N) is 1. The first kappa shape index (κ1) is 26.3. The maximum atomic E-state index is 13.6. The van der Waals surface area contributed by atoms with Crippen LogP contribution in [0.4, 0.5) is 0 Å². The van der Waals surface area contributed by atoms with E-state index < -0.39 is 18.1 Å². The van der Waals surface area contributed by atoms with Crippen molar-refractivity contribution in [1.29, 1.82) is 0 Å². The van der Waals surface area contributed by atoms with Crippen LogP contribution in [-0.2, 0) is 14.3 Å². The number of benzene rings is 1. The average Bonchev–Trinajstić information content (AvgIpc) is 2.82. The lowest BCUT2D eigenvalue weighted by atomic mass is 9.94. The third kappa shape index (κ3) is 6.63. The maximum absolute atomic E-state index is 13.6. The molecule has 0 aliphatic carbocycles. The Balaban J connectivity index is 1.99. The van der Waals surface area contributed by atoms with Gasteiger partial charge in [0.25, 0.3) is 0 Å². The van der Waals surface area contributed by atoms with Crippen molar-refractivity contribution in [3.05, 3.63) is 82.4 Å². The van der Waals surface area contributed by atoms with E-state index >= 15 is 0 Å². The van der Waals surface area contributed by atoms with Gasteiger partial charge < -0.3 is 14.6 Å². The van der Waals surface area contributed by atoms with Crippen molar-refractivity contribution in [2.24, 2.45) is 5.92 Å². The molecule has 0 aliphatic heterocycles. The second kappa shape index (κ2) is 11.9. The van der Waals surface area contributed by atoms with Gasteiger partial charge in [0, 0.05) is 24.2 Å². The first-order chi connectivity index (χ1) is 16.7. The van der Waals surface area contributed by atoms with Gasteiger partial charge in [0.15, 0.2) is 0 Å². The topological polar surface area (TPSA) is 73.2 Å². The van der Waals surface area contributed by atoms with Gasteiger partial charge in [0.05, 0.1) is 19.6 Å². The number of aromatic nitrogens is 2. The Bertz CT molecular complexity index is 1230. The summed E-state index contributed by atoms with van der Waals surface area (Å²) in [6.45, 7) is 8.25. The number of amides is 1. The highest BCUT2D eigenvalue weighted by atomic mass is 32.1. The number of ether oxygens (including phenoxy) is 1. The van der Waals surface area contributed by atoms with Crippen LogP contribution in [0.15, 0.2) is 61.1 Å². The molecule has 0 radical (unpaired) electrons. The fourth-order valence-electron chi connectivity index (χ4n) is 4.32. The van der Waals surface area contributed by atoms with E-state index in [1.54, 1.807) is 18.5 Å². The van der Waals surface area contributed by atoms with Crippen molar-refractivity contribution in [3.63, 3.8) is 0 Å². The molecule has 35 heavy (non-hydrogen) atoms. The number of esters is 1. The number of aryl methyl sites for hydroxylation is 2. The van der Waals surface area contributed by atoms with Crippen molar-refractivity contribution >= 4 is 24.1 Å². The van der Waals surface area contributed by atoms with Crippen LogP contribution in [0.25, 0.3) is 11.1 Å². The van der Waals surface area contributed by atoms with Crippen LogP contribution in [0.3, 0.4) is 0 Å². The predicted octanol–water partition coefficient (Wildman–Crippen LogP) is 5.90. The molecule has 3 rings (SSSR count). The lowest BCUT2D eigenvalue weighted by molar-refractivity contribution is -0.141. The predicted molar refractivity (Wildman–Crippen MR) is 140 cm³/mol. The Morgan fingerprint density at radius 3 is 2.43 bits per heavy atom. The van der Waals surface area contributed by atoms with Crippen molar-refractivity contribution in [1.82, 2.24) is 14.9 Å². The number of hydrogen-bond donors (Lipinski definition) is 1. The average molecular weight is 492 g/mol. The number of pyridine rings is 2. The van der Waals surface area contributed by atoms with E-state index in [4.69, 9.17) is 17.0 Å². The molecule has 1 amide bonds. The molecule has 1 aromatic carbocycles. The summed E-state index contributed by atoms with van der Waals surface area (Å²) in [4.78, 5) is 30.3. The zero-order valence-electron chi connectivity index (χ0n) is 20.9. The Morgan fingerprint density at radius 1 is 1.09 bits per heavy atom. The second-order valence-corrected chi connectivity index (χ2v) is 9.62. The van der Waals surface area contributed by atoms with Gasteiger partial charge in [-0.15, -0.1) is 0 Å². The molecule has 0 bridgehead atoms. The number of methoxy groups -OCH3 is 1. The number of nitrogens with zero attached hydrogens (tertiary/aromatic N) is 2. The zero-order chi connectivity index (χ0) is 25.5. The van der Waals surface area contributed by atoms with Gasteiger partial charge >= 0.3 is 5.97 Å².